The van der Waals surface area contributed by atoms with Gasteiger partial charge in [0, 0.05) is 19.4 Å². The van der Waals surface area contributed by atoms with Gasteiger partial charge in [0.1, 0.15) is 6.61 Å². The van der Waals surface area contributed by atoms with Gasteiger partial charge in [0.15, 0.2) is 6.10 Å². The summed E-state index contributed by atoms with van der Waals surface area (Å²) in [5, 5.41) is 0. The lowest BCUT2D eigenvalue weighted by Crippen LogP contribution is -2.30. The first-order chi connectivity index (χ1) is 29.6. The van der Waals surface area contributed by atoms with Crippen molar-refractivity contribution in [3.8, 4) is 0 Å². The van der Waals surface area contributed by atoms with Crippen LogP contribution in [0, 0.1) is 0 Å². The molecule has 0 aliphatic rings. The standard InChI is InChI=1S/C55H96O5/c1-4-7-10-13-16-19-22-25-27-28-29-31-33-36-39-42-45-48-54(56)59-52-53(51-58-50-47-44-41-38-35-32-26-23-20-17-14-11-8-5-2)60-55(57)49-46-43-40-37-34-30-24-21-18-15-12-9-6-3/h7,10,12,15-16,19,21,24-25,27,29,31,53H,4-6,8-9,11,13-14,17-18,20,22-23,26,28,30,32-52H2,1-3H3/b10-7-,15-12-,19-16-,24-21-,27-25-,31-29-. The number of hydrogen-bond donors (Lipinski definition) is 0. The van der Waals surface area contributed by atoms with Crippen LogP contribution in [-0.4, -0.2) is 37.9 Å². The Hall–Kier alpha value is -2.66. The minimum atomic E-state index is -0.553. The van der Waals surface area contributed by atoms with E-state index >= 15 is 0 Å². The van der Waals surface area contributed by atoms with E-state index in [1.165, 1.54) is 96.3 Å². The molecule has 0 aromatic rings. The lowest BCUT2D eigenvalue weighted by Gasteiger charge is -2.18. The fourth-order valence-corrected chi connectivity index (χ4v) is 6.95. The second-order valence-electron chi connectivity index (χ2n) is 16.7. The summed E-state index contributed by atoms with van der Waals surface area (Å²) in [7, 11) is 0. The zero-order chi connectivity index (χ0) is 43.5. The summed E-state index contributed by atoms with van der Waals surface area (Å²) in [6, 6.07) is 0. The van der Waals surface area contributed by atoms with Crippen LogP contribution in [-0.2, 0) is 23.8 Å². The molecule has 346 valence electrons. The van der Waals surface area contributed by atoms with E-state index in [1.54, 1.807) is 0 Å². The highest BCUT2D eigenvalue weighted by molar-refractivity contribution is 5.70. The molecular formula is C55H96O5. The molecule has 0 rings (SSSR count). The Morgan fingerprint density at radius 3 is 1.27 bits per heavy atom. The van der Waals surface area contributed by atoms with E-state index in [0.717, 1.165) is 109 Å². The van der Waals surface area contributed by atoms with Crippen molar-refractivity contribution in [2.24, 2.45) is 0 Å². The maximum Gasteiger partial charge on any atom is 0.306 e. The third-order valence-electron chi connectivity index (χ3n) is 10.7. The Kier molecular flexibility index (Phi) is 48.4. The van der Waals surface area contributed by atoms with Crippen molar-refractivity contribution in [1.29, 1.82) is 0 Å². The summed E-state index contributed by atoms with van der Waals surface area (Å²) in [5.41, 5.74) is 0. The van der Waals surface area contributed by atoms with Gasteiger partial charge in [-0.25, -0.2) is 0 Å². The summed E-state index contributed by atoms with van der Waals surface area (Å²) in [5.74, 6) is -0.437. The maximum absolute atomic E-state index is 12.8. The second kappa shape index (κ2) is 50.7. The number of hydrogen-bond acceptors (Lipinski definition) is 5. The van der Waals surface area contributed by atoms with Crippen LogP contribution < -0.4 is 0 Å². The van der Waals surface area contributed by atoms with Crippen LogP contribution in [0.5, 0.6) is 0 Å². The molecule has 0 amide bonds. The molecule has 1 atom stereocenters. The van der Waals surface area contributed by atoms with Gasteiger partial charge in [0.05, 0.1) is 6.61 Å². The molecule has 5 nitrogen and oxygen atoms in total. The first-order valence-electron chi connectivity index (χ1n) is 25.5. The monoisotopic (exact) mass is 837 g/mol. The fourth-order valence-electron chi connectivity index (χ4n) is 6.95. The van der Waals surface area contributed by atoms with Crippen LogP contribution in [0.25, 0.3) is 0 Å². The van der Waals surface area contributed by atoms with E-state index in [2.05, 4.69) is 93.7 Å². The molecule has 0 saturated heterocycles. The first-order valence-corrected chi connectivity index (χ1v) is 25.5. The fraction of sp³-hybridized carbons (Fsp3) is 0.745. The zero-order valence-corrected chi connectivity index (χ0v) is 39.7. The maximum atomic E-state index is 12.8. The number of unbranched alkanes of at least 4 members (excludes halogenated alkanes) is 23. The molecule has 0 saturated carbocycles. The second-order valence-corrected chi connectivity index (χ2v) is 16.7. The van der Waals surface area contributed by atoms with Gasteiger partial charge in [-0.2, -0.15) is 0 Å². The van der Waals surface area contributed by atoms with Crippen LogP contribution in [0.15, 0.2) is 72.9 Å². The van der Waals surface area contributed by atoms with Crippen molar-refractivity contribution in [3.63, 3.8) is 0 Å². The molecule has 0 N–H and O–H groups in total. The van der Waals surface area contributed by atoms with Gasteiger partial charge >= 0.3 is 11.9 Å². The Labute approximate surface area is 372 Å². The summed E-state index contributed by atoms with van der Waals surface area (Å²) < 4.78 is 17.4. The van der Waals surface area contributed by atoms with E-state index in [-0.39, 0.29) is 25.2 Å². The first kappa shape index (κ1) is 57.3. The van der Waals surface area contributed by atoms with Crippen LogP contribution in [0.1, 0.15) is 239 Å². The molecule has 0 aromatic carbocycles. The number of allylic oxidation sites excluding steroid dienone is 12. The molecule has 0 aromatic heterocycles. The van der Waals surface area contributed by atoms with Crippen LogP contribution in [0.4, 0.5) is 0 Å². The van der Waals surface area contributed by atoms with Crippen molar-refractivity contribution < 1.29 is 23.8 Å². The molecule has 0 aliphatic carbocycles. The van der Waals surface area contributed by atoms with Gasteiger partial charge in [-0.3, -0.25) is 9.59 Å². The van der Waals surface area contributed by atoms with E-state index in [1.807, 2.05) is 0 Å². The third-order valence-corrected chi connectivity index (χ3v) is 10.7. The predicted molar refractivity (Wildman–Crippen MR) is 260 cm³/mol. The Morgan fingerprint density at radius 1 is 0.383 bits per heavy atom. The van der Waals surface area contributed by atoms with Crippen LogP contribution in [0.3, 0.4) is 0 Å². The quantitative estimate of drug-likeness (QED) is 0.0347. The summed E-state index contributed by atoms with van der Waals surface area (Å²) >= 11 is 0. The normalized spacial score (nSPS) is 12.8. The Morgan fingerprint density at radius 2 is 0.783 bits per heavy atom. The molecule has 0 radical (unpaired) electrons. The van der Waals surface area contributed by atoms with Crippen LogP contribution in [0.2, 0.25) is 0 Å². The third kappa shape index (κ3) is 48.0. The van der Waals surface area contributed by atoms with Gasteiger partial charge in [-0.1, -0.05) is 216 Å². The zero-order valence-electron chi connectivity index (χ0n) is 39.7. The molecule has 1 unspecified atom stereocenters. The molecule has 0 spiro atoms. The van der Waals surface area contributed by atoms with E-state index < -0.39 is 6.10 Å². The lowest BCUT2D eigenvalue weighted by molar-refractivity contribution is -0.163. The van der Waals surface area contributed by atoms with Gasteiger partial charge in [0.2, 0.25) is 0 Å². The van der Waals surface area contributed by atoms with Crippen LogP contribution >= 0.6 is 0 Å². The van der Waals surface area contributed by atoms with Gasteiger partial charge < -0.3 is 14.2 Å². The molecule has 0 aliphatic heterocycles. The van der Waals surface area contributed by atoms with E-state index in [4.69, 9.17) is 14.2 Å². The number of rotatable bonds is 46. The largest absolute Gasteiger partial charge is 0.462 e. The topological polar surface area (TPSA) is 61.8 Å². The highest BCUT2D eigenvalue weighted by Gasteiger charge is 2.17. The average Bonchev–Trinajstić information content (AvgIpc) is 3.25. The highest BCUT2D eigenvalue weighted by Crippen LogP contribution is 2.14. The van der Waals surface area contributed by atoms with Crippen molar-refractivity contribution in [2.45, 2.75) is 245 Å². The van der Waals surface area contributed by atoms with Crippen molar-refractivity contribution in [3.05, 3.63) is 72.9 Å². The molecule has 5 heteroatoms. The predicted octanol–water partition coefficient (Wildman–Crippen LogP) is 17.1. The molecule has 0 heterocycles. The summed E-state index contributed by atoms with van der Waals surface area (Å²) in [6.07, 6.45) is 64.7. The number of esters is 2. The van der Waals surface area contributed by atoms with Gasteiger partial charge in [0.25, 0.3) is 0 Å². The molecule has 0 bridgehead atoms. The highest BCUT2D eigenvalue weighted by atomic mass is 16.6. The van der Waals surface area contributed by atoms with Gasteiger partial charge in [-0.15, -0.1) is 0 Å². The number of ether oxygens (including phenoxy) is 3. The lowest BCUT2D eigenvalue weighted by atomic mass is 10.0. The molecule has 60 heavy (non-hydrogen) atoms. The SMILES string of the molecule is CC/C=C\C/C=C\C/C=C\C/C=C\CCCCCCC(=O)OCC(COCCCCCCCCCCCCCCCC)OC(=O)CCCCCCC/C=C\C/C=C\CCC. The minimum absolute atomic E-state index is 0.0665. The summed E-state index contributed by atoms with van der Waals surface area (Å²) in [6.45, 7) is 7.63. The molecular weight excluding hydrogens is 741 g/mol. The van der Waals surface area contributed by atoms with E-state index in [9.17, 15) is 9.59 Å². The van der Waals surface area contributed by atoms with Crippen molar-refractivity contribution in [1.82, 2.24) is 0 Å². The molecule has 0 fully saturated rings. The Bertz CT molecular complexity index is 1080. The number of carbonyl (C=O) groups is 2. The summed E-state index contributed by atoms with van der Waals surface area (Å²) in [4.78, 5) is 25.4. The van der Waals surface area contributed by atoms with E-state index in [0.29, 0.717) is 19.4 Å². The smallest absolute Gasteiger partial charge is 0.306 e. The van der Waals surface area contributed by atoms with Gasteiger partial charge in [-0.05, 0) is 83.5 Å². The van der Waals surface area contributed by atoms with Crippen molar-refractivity contribution >= 4 is 11.9 Å². The Balaban J connectivity index is 4.31. The number of carbonyl (C=O) groups excluding carboxylic acids is 2. The van der Waals surface area contributed by atoms with Crippen molar-refractivity contribution in [2.75, 3.05) is 19.8 Å². The average molecular weight is 837 g/mol. The minimum Gasteiger partial charge on any atom is -0.462 e.